The van der Waals surface area contributed by atoms with Crippen LogP contribution in [0.3, 0.4) is 0 Å². The van der Waals surface area contributed by atoms with E-state index in [1.165, 1.54) is 24.3 Å². The third-order valence-electron chi connectivity index (χ3n) is 2.87. The summed E-state index contributed by atoms with van der Waals surface area (Å²) in [5, 5.41) is 10.3. The van der Waals surface area contributed by atoms with Gasteiger partial charge >= 0.3 is 0 Å². The fraction of sp³-hybridized carbons (Fsp3) is 0.0588. The Kier molecular flexibility index (Phi) is 5.19. The molecule has 0 atom stereocenters. The number of halogens is 2. The van der Waals surface area contributed by atoms with Crippen LogP contribution in [0.15, 0.2) is 48.5 Å². The number of carbonyl (C=O) groups is 2. The quantitative estimate of drug-likeness (QED) is 0.604. The normalized spacial score (nSPS) is 10.7. The zero-order chi connectivity index (χ0) is 16.8. The van der Waals surface area contributed by atoms with Crippen molar-refractivity contribution < 1.29 is 28.2 Å². The van der Waals surface area contributed by atoms with Crippen molar-refractivity contribution in [1.29, 1.82) is 0 Å². The predicted molar refractivity (Wildman–Crippen MR) is 76.7 cm³/mol. The fourth-order valence-corrected chi connectivity index (χ4v) is 1.81. The molecule has 0 aliphatic heterocycles. The number of rotatable bonds is 6. The van der Waals surface area contributed by atoms with Crippen LogP contribution in [0.25, 0.3) is 6.08 Å². The molecule has 0 aliphatic carbocycles. The Labute approximate surface area is 130 Å². The van der Waals surface area contributed by atoms with Crippen molar-refractivity contribution in [3.05, 3.63) is 71.3 Å². The highest BCUT2D eigenvalue weighted by molar-refractivity contribution is 6.07. The van der Waals surface area contributed by atoms with E-state index in [0.717, 1.165) is 18.2 Å². The van der Waals surface area contributed by atoms with Crippen LogP contribution in [-0.4, -0.2) is 18.4 Å². The zero-order valence-corrected chi connectivity index (χ0v) is 11.8. The predicted octanol–water partition coefficient (Wildman–Crippen LogP) is 1.99. The van der Waals surface area contributed by atoms with Gasteiger partial charge in [0.15, 0.2) is 5.78 Å². The summed E-state index contributed by atoms with van der Waals surface area (Å²) in [6, 6.07) is 9.31. The lowest BCUT2D eigenvalue weighted by Crippen LogP contribution is -2.28. The monoisotopic (exact) mass is 317 g/mol. The highest BCUT2D eigenvalue weighted by Gasteiger charge is 2.14. The van der Waals surface area contributed by atoms with Crippen molar-refractivity contribution >= 4 is 17.8 Å². The van der Waals surface area contributed by atoms with E-state index in [9.17, 15) is 23.5 Å². The second-order valence-electron chi connectivity index (χ2n) is 4.52. The molecule has 6 heteroatoms. The summed E-state index contributed by atoms with van der Waals surface area (Å²) in [4.78, 5) is 22.1. The first kappa shape index (κ1) is 16.4. The van der Waals surface area contributed by atoms with Crippen molar-refractivity contribution in [3.8, 4) is 5.75 Å². The Hall–Kier alpha value is -3.02. The molecule has 0 saturated carbocycles. The molecule has 0 unspecified atom stereocenters. The highest BCUT2D eigenvalue weighted by atomic mass is 19.1. The number of benzene rings is 2. The second-order valence-corrected chi connectivity index (χ2v) is 4.52. The lowest BCUT2D eigenvalue weighted by molar-refractivity contribution is -0.307. The number of carboxylic acids is 1. The fourth-order valence-electron chi connectivity index (χ4n) is 1.81. The Morgan fingerprint density at radius 2 is 1.65 bits per heavy atom. The minimum atomic E-state index is -1.34. The van der Waals surface area contributed by atoms with Crippen molar-refractivity contribution in [2.45, 2.75) is 0 Å². The molecular weight excluding hydrogens is 306 g/mol. The second kappa shape index (κ2) is 7.31. The molecule has 0 N–H and O–H groups in total. The third kappa shape index (κ3) is 4.47. The van der Waals surface area contributed by atoms with E-state index in [0.29, 0.717) is 11.3 Å². The standard InChI is InChI=1S/C17H12F2O4/c18-13-2-1-3-14(19)17(13)15(20)9-6-11-4-7-12(8-5-11)23-10-16(21)22/h1-9H,10H2,(H,21,22)/p-1/b9-6+. The molecule has 0 fully saturated rings. The van der Waals surface area contributed by atoms with Crippen LogP contribution in [0.1, 0.15) is 15.9 Å². The number of hydrogen-bond donors (Lipinski definition) is 0. The van der Waals surface area contributed by atoms with Crippen LogP contribution in [0, 0.1) is 11.6 Å². The van der Waals surface area contributed by atoms with Gasteiger partial charge in [0.2, 0.25) is 0 Å². The van der Waals surface area contributed by atoms with Gasteiger partial charge in [-0.05, 0) is 35.9 Å². The highest BCUT2D eigenvalue weighted by Crippen LogP contribution is 2.16. The van der Waals surface area contributed by atoms with Gasteiger partial charge in [0, 0.05) is 0 Å². The van der Waals surface area contributed by atoms with Gasteiger partial charge in [0.05, 0.1) is 11.5 Å². The van der Waals surface area contributed by atoms with Crippen molar-refractivity contribution in [2.24, 2.45) is 0 Å². The molecule has 0 aliphatic rings. The first-order valence-corrected chi connectivity index (χ1v) is 6.56. The molecule has 0 amide bonds. The van der Waals surface area contributed by atoms with E-state index in [1.54, 1.807) is 12.1 Å². The molecule has 0 bridgehead atoms. The first-order valence-electron chi connectivity index (χ1n) is 6.56. The summed E-state index contributed by atoms with van der Waals surface area (Å²) in [6.07, 6.45) is 2.44. The number of ether oxygens (including phenoxy) is 1. The Bertz CT molecular complexity index is 731. The third-order valence-corrected chi connectivity index (χ3v) is 2.87. The number of aliphatic carboxylic acids is 1. The van der Waals surface area contributed by atoms with E-state index < -0.39 is 35.6 Å². The summed E-state index contributed by atoms with van der Waals surface area (Å²) < 4.78 is 31.8. The van der Waals surface area contributed by atoms with Gasteiger partial charge in [-0.15, -0.1) is 0 Å². The zero-order valence-electron chi connectivity index (χ0n) is 11.8. The van der Waals surface area contributed by atoms with Gasteiger partial charge < -0.3 is 14.6 Å². The average molecular weight is 317 g/mol. The Morgan fingerprint density at radius 1 is 1.04 bits per heavy atom. The maximum absolute atomic E-state index is 13.5. The molecule has 0 saturated heterocycles. The minimum Gasteiger partial charge on any atom is -0.546 e. The molecule has 0 spiro atoms. The molecular formula is C17H11F2O4-. The van der Waals surface area contributed by atoms with Gasteiger partial charge in [-0.2, -0.15) is 0 Å². The molecule has 4 nitrogen and oxygen atoms in total. The molecule has 23 heavy (non-hydrogen) atoms. The molecule has 2 rings (SSSR count). The van der Waals surface area contributed by atoms with Crippen molar-refractivity contribution in [2.75, 3.05) is 6.61 Å². The number of carbonyl (C=O) groups excluding carboxylic acids is 2. The number of allylic oxidation sites excluding steroid dienone is 1. The van der Waals surface area contributed by atoms with E-state index in [1.807, 2.05) is 0 Å². The van der Waals surface area contributed by atoms with Crippen LogP contribution >= 0.6 is 0 Å². The Balaban J connectivity index is 2.08. The van der Waals surface area contributed by atoms with Gasteiger partial charge in [0.25, 0.3) is 0 Å². The van der Waals surface area contributed by atoms with Crippen molar-refractivity contribution in [1.82, 2.24) is 0 Å². The molecule has 2 aromatic rings. The summed E-state index contributed by atoms with van der Waals surface area (Å²) in [5.41, 5.74) is -0.0337. The summed E-state index contributed by atoms with van der Waals surface area (Å²) in [5.74, 6) is -3.67. The number of hydrogen-bond acceptors (Lipinski definition) is 4. The van der Waals surface area contributed by atoms with Crippen LogP contribution in [0.2, 0.25) is 0 Å². The molecule has 0 radical (unpaired) electrons. The van der Waals surface area contributed by atoms with Crippen molar-refractivity contribution in [3.63, 3.8) is 0 Å². The lowest BCUT2D eigenvalue weighted by atomic mass is 10.1. The summed E-state index contributed by atoms with van der Waals surface area (Å²) >= 11 is 0. The smallest absolute Gasteiger partial charge is 0.191 e. The molecule has 118 valence electrons. The van der Waals surface area contributed by atoms with E-state index in [4.69, 9.17) is 4.74 Å². The van der Waals surface area contributed by atoms with E-state index in [-0.39, 0.29) is 0 Å². The van der Waals surface area contributed by atoms with Gasteiger partial charge in [-0.3, -0.25) is 4.79 Å². The van der Waals surface area contributed by atoms with Gasteiger partial charge in [0.1, 0.15) is 24.0 Å². The Morgan fingerprint density at radius 3 is 2.22 bits per heavy atom. The maximum atomic E-state index is 13.5. The maximum Gasteiger partial charge on any atom is 0.191 e. The molecule has 0 aromatic heterocycles. The van der Waals surface area contributed by atoms with Gasteiger partial charge in [-0.25, -0.2) is 8.78 Å². The van der Waals surface area contributed by atoms with Crippen LogP contribution in [0.4, 0.5) is 8.78 Å². The van der Waals surface area contributed by atoms with Crippen LogP contribution in [0.5, 0.6) is 5.75 Å². The van der Waals surface area contributed by atoms with Crippen LogP contribution in [-0.2, 0) is 4.79 Å². The lowest BCUT2D eigenvalue weighted by Gasteiger charge is -2.06. The summed E-state index contributed by atoms with van der Waals surface area (Å²) in [7, 11) is 0. The molecule has 2 aromatic carbocycles. The largest absolute Gasteiger partial charge is 0.546 e. The number of ketones is 1. The van der Waals surface area contributed by atoms with E-state index >= 15 is 0 Å². The van der Waals surface area contributed by atoms with Crippen LogP contribution < -0.4 is 9.84 Å². The SMILES string of the molecule is O=C([O-])COc1ccc(/C=C/C(=O)c2c(F)cccc2F)cc1. The number of carboxylic acid groups (broad SMARTS) is 1. The molecule has 0 heterocycles. The first-order chi connectivity index (χ1) is 11.0. The van der Waals surface area contributed by atoms with E-state index in [2.05, 4.69) is 0 Å². The minimum absolute atomic E-state index is 0.317. The van der Waals surface area contributed by atoms with Gasteiger partial charge in [-0.1, -0.05) is 24.3 Å². The topological polar surface area (TPSA) is 66.4 Å². The summed E-state index contributed by atoms with van der Waals surface area (Å²) in [6.45, 7) is -0.569. The average Bonchev–Trinajstić information content (AvgIpc) is 2.51.